The van der Waals surface area contributed by atoms with Crippen LogP contribution in [0.3, 0.4) is 0 Å². The highest BCUT2D eigenvalue weighted by Crippen LogP contribution is 2.25. The van der Waals surface area contributed by atoms with Gasteiger partial charge in [0.15, 0.2) is 0 Å². The van der Waals surface area contributed by atoms with Crippen molar-refractivity contribution < 1.29 is 24.2 Å². The number of hydrogen-bond acceptors (Lipinski definition) is 4. The van der Waals surface area contributed by atoms with E-state index in [1.807, 2.05) is 31.2 Å². The third-order valence-corrected chi connectivity index (χ3v) is 5.34. The SMILES string of the molecule is C[C@@H]1CN(C(=O)c2cccc(COC3CCOCC3)c2)CC[C@@H]1C(=O)O. The van der Waals surface area contributed by atoms with E-state index in [1.54, 1.807) is 4.90 Å². The molecule has 0 aromatic heterocycles. The predicted molar refractivity (Wildman–Crippen MR) is 95.9 cm³/mol. The molecule has 26 heavy (non-hydrogen) atoms. The fourth-order valence-corrected chi connectivity index (χ4v) is 3.73. The van der Waals surface area contributed by atoms with Gasteiger partial charge in [0, 0.05) is 31.9 Å². The molecule has 2 aliphatic heterocycles. The third-order valence-electron chi connectivity index (χ3n) is 5.34. The minimum atomic E-state index is -0.767. The number of amides is 1. The smallest absolute Gasteiger partial charge is 0.306 e. The molecule has 2 atom stereocenters. The van der Waals surface area contributed by atoms with Gasteiger partial charge >= 0.3 is 5.97 Å². The number of likely N-dealkylation sites (tertiary alicyclic amines) is 1. The number of nitrogens with zero attached hydrogens (tertiary/aromatic N) is 1. The summed E-state index contributed by atoms with van der Waals surface area (Å²) in [6.07, 6.45) is 2.55. The molecule has 0 saturated carbocycles. The second-order valence-corrected chi connectivity index (χ2v) is 7.28. The minimum absolute atomic E-state index is 0.0337. The molecule has 3 rings (SSSR count). The van der Waals surface area contributed by atoms with Gasteiger partial charge in [-0.25, -0.2) is 0 Å². The molecule has 1 aromatic rings. The van der Waals surface area contributed by atoms with Crippen LogP contribution in [0.4, 0.5) is 0 Å². The molecule has 2 fully saturated rings. The van der Waals surface area contributed by atoms with Gasteiger partial charge in [-0.2, -0.15) is 0 Å². The first-order valence-electron chi connectivity index (χ1n) is 9.35. The summed E-state index contributed by atoms with van der Waals surface area (Å²) in [5, 5.41) is 9.23. The van der Waals surface area contributed by atoms with Crippen molar-refractivity contribution >= 4 is 11.9 Å². The average molecular weight is 361 g/mol. The molecule has 2 saturated heterocycles. The zero-order valence-corrected chi connectivity index (χ0v) is 15.2. The lowest BCUT2D eigenvalue weighted by Crippen LogP contribution is -2.45. The lowest BCUT2D eigenvalue weighted by molar-refractivity contribution is -0.145. The summed E-state index contributed by atoms with van der Waals surface area (Å²) in [6.45, 7) is 4.85. The van der Waals surface area contributed by atoms with E-state index in [0.717, 1.165) is 31.6 Å². The third kappa shape index (κ3) is 4.62. The molecule has 2 heterocycles. The first-order chi connectivity index (χ1) is 12.5. The van der Waals surface area contributed by atoms with Crippen molar-refractivity contribution in [2.24, 2.45) is 11.8 Å². The van der Waals surface area contributed by atoms with Crippen LogP contribution in [0.15, 0.2) is 24.3 Å². The Morgan fingerprint density at radius 3 is 2.73 bits per heavy atom. The Morgan fingerprint density at radius 1 is 1.27 bits per heavy atom. The predicted octanol–water partition coefficient (Wildman–Crippen LogP) is 2.57. The topological polar surface area (TPSA) is 76.1 Å². The van der Waals surface area contributed by atoms with Crippen LogP contribution in [0.1, 0.15) is 42.1 Å². The summed E-state index contributed by atoms with van der Waals surface area (Å²) in [7, 11) is 0. The summed E-state index contributed by atoms with van der Waals surface area (Å²) in [6, 6.07) is 7.54. The molecule has 0 spiro atoms. The molecule has 0 bridgehead atoms. The summed E-state index contributed by atoms with van der Waals surface area (Å²) < 4.78 is 11.3. The van der Waals surface area contributed by atoms with E-state index in [9.17, 15) is 14.7 Å². The Hall–Kier alpha value is -1.92. The molecule has 2 aliphatic rings. The van der Waals surface area contributed by atoms with Crippen LogP contribution in [-0.4, -0.2) is 54.3 Å². The van der Waals surface area contributed by atoms with Crippen LogP contribution in [0.5, 0.6) is 0 Å². The van der Waals surface area contributed by atoms with Crippen LogP contribution in [0.25, 0.3) is 0 Å². The van der Waals surface area contributed by atoms with E-state index in [-0.39, 0.29) is 23.8 Å². The summed E-state index contributed by atoms with van der Waals surface area (Å²) >= 11 is 0. The van der Waals surface area contributed by atoms with E-state index >= 15 is 0 Å². The number of carboxylic acid groups (broad SMARTS) is 1. The Labute approximate surface area is 154 Å². The second-order valence-electron chi connectivity index (χ2n) is 7.28. The van der Waals surface area contributed by atoms with Gasteiger partial charge < -0.3 is 19.5 Å². The van der Waals surface area contributed by atoms with Crippen molar-refractivity contribution in [2.45, 2.75) is 38.9 Å². The molecule has 1 amide bonds. The molecule has 0 aliphatic carbocycles. The average Bonchev–Trinajstić information content (AvgIpc) is 2.66. The van der Waals surface area contributed by atoms with E-state index in [2.05, 4.69) is 0 Å². The molecule has 0 unspecified atom stereocenters. The summed E-state index contributed by atoms with van der Waals surface area (Å²) in [4.78, 5) is 25.8. The number of rotatable bonds is 5. The van der Waals surface area contributed by atoms with Gasteiger partial charge in [-0.1, -0.05) is 19.1 Å². The van der Waals surface area contributed by atoms with Crippen molar-refractivity contribution in [1.29, 1.82) is 0 Å². The van der Waals surface area contributed by atoms with Crippen LogP contribution in [-0.2, 0) is 20.9 Å². The van der Waals surface area contributed by atoms with E-state index < -0.39 is 5.97 Å². The molecule has 6 nitrogen and oxygen atoms in total. The van der Waals surface area contributed by atoms with Gasteiger partial charge in [0.1, 0.15) is 0 Å². The maximum atomic E-state index is 12.8. The maximum absolute atomic E-state index is 12.8. The van der Waals surface area contributed by atoms with E-state index in [1.165, 1.54) is 0 Å². The highest BCUT2D eigenvalue weighted by atomic mass is 16.5. The second kappa shape index (κ2) is 8.64. The van der Waals surface area contributed by atoms with Crippen LogP contribution < -0.4 is 0 Å². The Kier molecular flexibility index (Phi) is 6.27. The largest absolute Gasteiger partial charge is 0.481 e. The van der Waals surface area contributed by atoms with Gasteiger partial charge in [0.05, 0.1) is 18.6 Å². The Balaban J connectivity index is 1.58. The van der Waals surface area contributed by atoms with Gasteiger partial charge in [-0.3, -0.25) is 9.59 Å². The zero-order valence-electron chi connectivity index (χ0n) is 15.2. The van der Waals surface area contributed by atoms with Crippen molar-refractivity contribution in [3.05, 3.63) is 35.4 Å². The number of ether oxygens (including phenoxy) is 2. The number of piperidine rings is 1. The summed E-state index contributed by atoms with van der Waals surface area (Å²) in [5.74, 6) is -1.20. The fourth-order valence-electron chi connectivity index (χ4n) is 3.73. The minimum Gasteiger partial charge on any atom is -0.481 e. The standard InChI is InChI=1S/C20H27NO5/c1-14-12-21(8-5-18(14)20(23)24)19(22)16-4-2-3-15(11-16)13-26-17-6-9-25-10-7-17/h2-4,11,14,17-18H,5-10,12-13H2,1H3,(H,23,24)/t14-,18+/m1/s1. The molecule has 1 N–H and O–H groups in total. The van der Waals surface area contributed by atoms with Crippen LogP contribution in [0.2, 0.25) is 0 Å². The number of hydrogen-bond donors (Lipinski definition) is 1. The van der Waals surface area contributed by atoms with Crippen molar-refractivity contribution in [3.63, 3.8) is 0 Å². The first kappa shape index (κ1) is 18.9. The highest BCUT2D eigenvalue weighted by Gasteiger charge is 2.33. The number of aliphatic carboxylic acids is 1. The van der Waals surface area contributed by atoms with Crippen LogP contribution in [0, 0.1) is 11.8 Å². The number of carbonyl (C=O) groups is 2. The molecule has 142 valence electrons. The monoisotopic (exact) mass is 361 g/mol. The Bertz CT molecular complexity index is 641. The van der Waals surface area contributed by atoms with Gasteiger partial charge in [0.2, 0.25) is 0 Å². The van der Waals surface area contributed by atoms with Gasteiger partial charge in [-0.15, -0.1) is 0 Å². The number of carbonyl (C=O) groups excluding carboxylic acids is 1. The molecule has 0 radical (unpaired) electrons. The van der Waals surface area contributed by atoms with Crippen molar-refractivity contribution in [3.8, 4) is 0 Å². The fraction of sp³-hybridized carbons (Fsp3) is 0.600. The number of carboxylic acids is 1. The quantitative estimate of drug-likeness (QED) is 0.872. The molecule has 6 heteroatoms. The number of benzene rings is 1. The van der Waals surface area contributed by atoms with Crippen molar-refractivity contribution in [2.75, 3.05) is 26.3 Å². The molecule has 1 aromatic carbocycles. The van der Waals surface area contributed by atoms with E-state index in [4.69, 9.17) is 9.47 Å². The first-order valence-corrected chi connectivity index (χ1v) is 9.35. The lowest BCUT2D eigenvalue weighted by atomic mass is 9.87. The van der Waals surface area contributed by atoms with Gasteiger partial charge in [0.25, 0.3) is 5.91 Å². The van der Waals surface area contributed by atoms with Gasteiger partial charge in [-0.05, 0) is 42.9 Å². The van der Waals surface area contributed by atoms with Crippen LogP contribution >= 0.6 is 0 Å². The molecular formula is C20H27NO5. The zero-order chi connectivity index (χ0) is 18.5. The highest BCUT2D eigenvalue weighted by molar-refractivity contribution is 5.94. The maximum Gasteiger partial charge on any atom is 0.306 e. The normalized spacial score (nSPS) is 24.4. The van der Waals surface area contributed by atoms with Crippen molar-refractivity contribution in [1.82, 2.24) is 4.90 Å². The summed E-state index contributed by atoms with van der Waals surface area (Å²) in [5.41, 5.74) is 1.62. The lowest BCUT2D eigenvalue weighted by Gasteiger charge is -2.35. The molecular weight excluding hydrogens is 334 g/mol. The van der Waals surface area contributed by atoms with E-state index in [0.29, 0.717) is 31.7 Å². The Morgan fingerprint density at radius 2 is 2.04 bits per heavy atom.